The topological polar surface area (TPSA) is 44.1 Å². The Bertz CT molecular complexity index is 514. The molecule has 0 aromatic carbocycles. The minimum atomic E-state index is 0.324. The Labute approximate surface area is 120 Å². The van der Waals surface area contributed by atoms with E-state index in [2.05, 4.69) is 23.3 Å². The molecule has 0 amide bonds. The van der Waals surface area contributed by atoms with E-state index in [1.54, 1.807) is 7.11 Å². The second-order valence-corrected chi connectivity index (χ2v) is 5.10. The van der Waals surface area contributed by atoms with Crippen LogP contribution in [0.1, 0.15) is 31.7 Å². The Kier molecular flexibility index (Phi) is 5.30. The first kappa shape index (κ1) is 14.7. The van der Waals surface area contributed by atoms with Crippen molar-refractivity contribution < 1.29 is 9.53 Å². The summed E-state index contributed by atoms with van der Waals surface area (Å²) in [7, 11) is 1.69. The maximum absolute atomic E-state index is 11.6. The van der Waals surface area contributed by atoms with Crippen LogP contribution < -0.4 is 0 Å². The summed E-state index contributed by atoms with van der Waals surface area (Å²) >= 11 is 0. The second-order valence-electron chi connectivity index (χ2n) is 5.10. The molecule has 0 fully saturated rings. The largest absolute Gasteiger partial charge is 0.383 e. The van der Waals surface area contributed by atoms with Gasteiger partial charge >= 0.3 is 0 Å². The van der Waals surface area contributed by atoms with Crippen LogP contribution in [0.2, 0.25) is 0 Å². The van der Waals surface area contributed by atoms with Crippen molar-refractivity contribution >= 4 is 11.4 Å². The number of rotatable bonds is 7. The van der Waals surface area contributed by atoms with Gasteiger partial charge in [-0.3, -0.25) is 9.48 Å². The molecule has 2 rings (SSSR count). The summed E-state index contributed by atoms with van der Waals surface area (Å²) in [4.78, 5) is 11.6. The number of nitrogens with zero attached hydrogens (tertiary/aromatic N) is 2. The fraction of sp³-hybridized carbons (Fsp3) is 0.500. The Morgan fingerprint density at radius 1 is 1.55 bits per heavy atom. The molecule has 108 valence electrons. The number of Topliss-reactive ketones (excluding diaryl/α,β-unsaturated/α-hetero) is 1. The molecule has 1 aliphatic carbocycles. The number of aromatic nitrogens is 2. The molecular weight excluding hydrogens is 252 g/mol. The molecule has 1 aliphatic rings. The van der Waals surface area contributed by atoms with Gasteiger partial charge in [-0.1, -0.05) is 25.2 Å². The molecule has 1 aromatic heterocycles. The third-order valence-corrected chi connectivity index (χ3v) is 3.53. The maximum atomic E-state index is 11.6. The molecule has 0 saturated carbocycles. The van der Waals surface area contributed by atoms with Crippen molar-refractivity contribution in [3.63, 3.8) is 0 Å². The average Bonchev–Trinajstić information content (AvgIpc) is 2.94. The highest BCUT2D eigenvalue weighted by Crippen LogP contribution is 2.26. The Morgan fingerprint density at radius 3 is 3.15 bits per heavy atom. The first-order valence-corrected chi connectivity index (χ1v) is 7.14. The molecule has 0 saturated heterocycles. The lowest BCUT2D eigenvalue weighted by Crippen LogP contribution is -2.07. The van der Waals surface area contributed by atoms with Crippen molar-refractivity contribution in [3.05, 3.63) is 36.2 Å². The van der Waals surface area contributed by atoms with E-state index in [0.29, 0.717) is 31.1 Å². The zero-order valence-corrected chi connectivity index (χ0v) is 12.2. The number of methoxy groups -OCH3 is 1. The molecule has 4 nitrogen and oxygen atoms in total. The normalized spacial score (nSPS) is 18.1. The van der Waals surface area contributed by atoms with Crippen molar-refractivity contribution in [2.75, 3.05) is 13.7 Å². The van der Waals surface area contributed by atoms with Gasteiger partial charge in [-0.15, -0.1) is 0 Å². The van der Waals surface area contributed by atoms with E-state index in [1.807, 2.05) is 24.0 Å². The van der Waals surface area contributed by atoms with E-state index in [4.69, 9.17) is 4.74 Å². The summed E-state index contributed by atoms with van der Waals surface area (Å²) in [6.45, 7) is 3.33. The predicted octanol–water partition coefficient (Wildman–Crippen LogP) is 2.86. The van der Waals surface area contributed by atoms with Gasteiger partial charge in [-0.05, 0) is 17.9 Å². The molecule has 1 atom stereocenters. The van der Waals surface area contributed by atoms with Crippen LogP contribution >= 0.6 is 0 Å². The molecule has 0 radical (unpaired) electrons. The van der Waals surface area contributed by atoms with E-state index in [1.165, 1.54) is 0 Å². The Hall–Kier alpha value is -1.68. The van der Waals surface area contributed by atoms with E-state index < -0.39 is 0 Å². The molecule has 0 N–H and O–H groups in total. The van der Waals surface area contributed by atoms with Crippen molar-refractivity contribution in [2.24, 2.45) is 5.92 Å². The van der Waals surface area contributed by atoms with Crippen molar-refractivity contribution in [2.45, 2.75) is 32.7 Å². The summed E-state index contributed by atoms with van der Waals surface area (Å²) in [6.07, 6.45) is 12.6. The third-order valence-electron chi connectivity index (χ3n) is 3.53. The van der Waals surface area contributed by atoms with Gasteiger partial charge in [-0.2, -0.15) is 5.10 Å². The monoisotopic (exact) mass is 274 g/mol. The summed E-state index contributed by atoms with van der Waals surface area (Å²) in [5.74, 6) is 0.654. The van der Waals surface area contributed by atoms with Crippen LogP contribution in [0.5, 0.6) is 0 Å². The summed E-state index contributed by atoms with van der Waals surface area (Å²) in [6, 6.07) is 0. The van der Waals surface area contributed by atoms with Crippen molar-refractivity contribution in [3.8, 4) is 0 Å². The molecular formula is C16H22N2O2. The van der Waals surface area contributed by atoms with Crippen LogP contribution in [-0.4, -0.2) is 29.3 Å². The van der Waals surface area contributed by atoms with Gasteiger partial charge in [-0.25, -0.2) is 0 Å². The number of hydrogen-bond donors (Lipinski definition) is 0. The molecule has 0 spiro atoms. The minimum absolute atomic E-state index is 0.324. The lowest BCUT2D eigenvalue weighted by atomic mass is 9.89. The Morgan fingerprint density at radius 2 is 2.40 bits per heavy atom. The number of carbonyl (C=O) groups is 1. The third kappa shape index (κ3) is 3.90. The van der Waals surface area contributed by atoms with Gasteiger partial charge in [0.15, 0.2) is 0 Å². The van der Waals surface area contributed by atoms with E-state index >= 15 is 0 Å². The van der Waals surface area contributed by atoms with Gasteiger partial charge in [0.25, 0.3) is 0 Å². The number of ketones is 1. The van der Waals surface area contributed by atoms with Gasteiger partial charge in [0, 0.05) is 31.7 Å². The van der Waals surface area contributed by atoms with Crippen LogP contribution in [0, 0.1) is 5.92 Å². The van der Waals surface area contributed by atoms with Crippen molar-refractivity contribution in [1.29, 1.82) is 0 Å². The van der Waals surface area contributed by atoms with Crippen LogP contribution in [0.3, 0.4) is 0 Å². The van der Waals surface area contributed by atoms with Crippen LogP contribution in [-0.2, 0) is 16.1 Å². The maximum Gasteiger partial charge on any atom is 0.133 e. The number of ether oxygens (including phenoxy) is 1. The number of allylic oxidation sites excluding steroid dienone is 4. The van der Waals surface area contributed by atoms with Gasteiger partial charge in [0.2, 0.25) is 0 Å². The molecule has 0 aliphatic heterocycles. The van der Waals surface area contributed by atoms with Crippen LogP contribution in [0.4, 0.5) is 0 Å². The zero-order valence-electron chi connectivity index (χ0n) is 12.2. The fourth-order valence-corrected chi connectivity index (χ4v) is 2.34. The fourth-order valence-electron chi connectivity index (χ4n) is 2.34. The molecule has 1 heterocycles. The lowest BCUT2D eigenvalue weighted by Gasteiger charge is -2.15. The SMILES string of the molecule is CCC(=O)CC1C=C(c2cnn(CCOC)c2)C=CC1. The summed E-state index contributed by atoms with van der Waals surface area (Å²) in [5.41, 5.74) is 2.26. The highest BCUT2D eigenvalue weighted by atomic mass is 16.5. The standard InChI is InChI=1S/C16H22N2O2/c1-3-16(19)10-13-5-4-6-14(9-13)15-11-17-18(12-15)7-8-20-2/h4,6,9,11-13H,3,5,7-8,10H2,1-2H3. The van der Waals surface area contributed by atoms with E-state index in [-0.39, 0.29) is 0 Å². The highest BCUT2D eigenvalue weighted by Gasteiger charge is 2.14. The smallest absolute Gasteiger partial charge is 0.133 e. The predicted molar refractivity (Wildman–Crippen MR) is 79.2 cm³/mol. The number of carbonyl (C=O) groups excluding carboxylic acids is 1. The first-order valence-electron chi connectivity index (χ1n) is 7.14. The van der Waals surface area contributed by atoms with Crippen LogP contribution in [0.25, 0.3) is 5.57 Å². The lowest BCUT2D eigenvalue weighted by molar-refractivity contribution is -0.119. The van der Waals surface area contributed by atoms with Gasteiger partial charge in [0.1, 0.15) is 5.78 Å². The van der Waals surface area contributed by atoms with Gasteiger partial charge in [0.05, 0.1) is 19.3 Å². The molecule has 0 bridgehead atoms. The average molecular weight is 274 g/mol. The van der Waals surface area contributed by atoms with Crippen LogP contribution in [0.15, 0.2) is 30.6 Å². The Balaban J connectivity index is 2.04. The van der Waals surface area contributed by atoms with Crippen molar-refractivity contribution in [1.82, 2.24) is 9.78 Å². The summed E-state index contributed by atoms with van der Waals surface area (Å²) in [5, 5.41) is 4.33. The molecule has 1 aromatic rings. The second kappa shape index (κ2) is 7.20. The quantitative estimate of drug-likeness (QED) is 0.768. The molecule has 4 heteroatoms. The molecule has 1 unspecified atom stereocenters. The number of hydrogen-bond acceptors (Lipinski definition) is 3. The van der Waals surface area contributed by atoms with E-state index in [9.17, 15) is 4.79 Å². The molecule has 20 heavy (non-hydrogen) atoms. The zero-order chi connectivity index (χ0) is 14.4. The van der Waals surface area contributed by atoms with Gasteiger partial charge < -0.3 is 4.74 Å². The summed E-state index contributed by atoms with van der Waals surface area (Å²) < 4.78 is 6.93. The first-order chi connectivity index (χ1) is 9.72. The highest BCUT2D eigenvalue weighted by molar-refractivity contribution is 5.80. The minimum Gasteiger partial charge on any atom is -0.383 e. The van der Waals surface area contributed by atoms with E-state index in [0.717, 1.165) is 24.1 Å².